The molecule has 1 aliphatic carbocycles. The molecule has 0 unspecified atom stereocenters. The van der Waals surface area contributed by atoms with E-state index >= 15 is 0 Å². The van der Waals surface area contributed by atoms with Gasteiger partial charge in [0, 0.05) is 26.7 Å². The van der Waals surface area contributed by atoms with Crippen LogP contribution in [0.3, 0.4) is 0 Å². The first-order valence-corrected chi connectivity index (χ1v) is 12.3. The molecule has 2 saturated heterocycles. The molecule has 4 atom stereocenters. The van der Waals surface area contributed by atoms with Gasteiger partial charge in [-0.1, -0.05) is 31.1 Å². The molecule has 2 aliphatic heterocycles. The molecule has 185 valence electrons. The lowest BCUT2D eigenvalue weighted by molar-refractivity contribution is -0.178. The normalized spacial score (nSPS) is 29.0. The SMILES string of the molecule is CCC(F)(F)c1cccc(N[C@H]2CO[C@H](CN3CCCCC3)[C@H](OC(C)(C)C)[C@@H]2C2=C[CH]2)n1.[HH]. The molecule has 0 bridgehead atoms. The highest BCUT2D eigenvalue weighted by Crippen LogP contribution is 2.40. The van der Waals surface area contributed by atoms with E-state index in [1.165, 1.54) is 37.8 Å². The molecule has 0 saturated carbocycles. The van der Waals surface area contributed by atoms with Crippen LogP contribution in [0, 0.1) is 12.3 Å². The van der Waals surface area contributed by atoms with E-state index in [0.717, 1.165) is 19.6 Å². The molecule has 1 aromatic rings. The molecule has 0 amide bonds. The molecule has 7 heteroatoms. The van der Waals surface area contributed by atoms with Crippen LogP contribution in [0.1, 0.15) is 60.5 Å². The van der Waals surface area contributed by atoms with Gasteiger partial charge in [-0.3, -0.25) is 0 Å². The van der Waals surface area contributed by atoms with E-state index in [9.17, 15) is 8.78 Å². The molecular formula is C26H40F2N3O2. The largest absolute Gasteiger partial charge is 0.372 e. The van der Waals surface area contributed by atoms with Gasteiger partial charge < -0.3 is 19.7 Å². The van der Waals surface area contributed by atoms with E-state index in [2.05, 4.69) is 48.5 Å². The fourth-order valence-corrected chi connectivity index (χ4v) is 4.91. The first-order valence-electron chi connectivity index (χ1n) is 12.3. The second kappa shape index (κ2) is 9.96. The van der Waals surface area contributed by atoms with Gasteiger partial charge in [0.05, 0.1) is 30.5 Å². The van der Waals surface area contributed by atoms with Crippen LogP contribution in [-0.2, 0) is 15.4 Å². The summed E-state index contributed by atoms with van der Waals surface area (Å²) >= 11 is 0. The Labute approximate surface area is 198 Å². The maximum absolute atomic E-state index is 14.2. The highest BCUT2D eigenvalue weighted by molar-refractivity contribution is 5.46. The van der Waals surface area contributed by atoms with Gasteiger partial charge in [-0.15, -0.1) is 0 Å². The van der Waals surface area contributed by atoms with Gasteiger partial charge in [0.2, 0.25) is 0 Å². The summed E-state index contributed by atoms with van der Waals surface area (Å²) in [5, 5.41) is 3.40. The third kappa shape index (κ3) is 6.31. The average molecular weight is 465 g/mol. The van der Waals surface area contributed by atoms with E-state index < -0.39 is 5.92 Å². The van der Waals surface area contributed by atoms with E-state index in [1.807, 2.05) is 0 Å². The molecule has 0 spiro atoms. The first-order chi connectivity index (χ1) is 15.7. The van der Waals surface area contributed by atoms with Gasteiger partial charge in [0.25, 0.3) is 5.92 Å². The summed E-state index contributed by atoms with van der Waals surface area (Å²) in [6, 6.07) is 4.66. The number of hydrogen-bond acceptors (Lipinski definition) is 5. The van der Waals surface area contributed by atoms with Crippen LogP contribution in [0.15, 0.2) is 29.8 Å². The molecule has 2 fully saturated rings. The monoisotopic (exact) mass is 464 g/mol. The van der Waals surface area contributed by atoms with E-state index in [4.69, 9.17) is 9.47 Å². The number of aromatic nitrogens is 1. The minimum absolute atomic E-state index is 0. The van der Waals surface area contributed by atoms with Crippen molar-refractivity contribution in [2.45, 2.75) is 83.2 Å². The summed E-state index contributed by atoms with van der Waals surface area (Å²) in [6.07, 6.45) is 7.55. The molecule has 33 heavy (non-hydrogen) atoms. The van der Waals surface area contributed by atoms with Gasteiger partial charge in [-0.2, -0.15) is 8.78 Å². The van der Waals surface area contributed by atoms with E-state index in [-0.39, 0.29) is 43.3 Å². The number of nitrogens with zero attached hydrogens (tertiary/aromatic N) is 2. The summed E-state index contributed by atoms with van der Waals surface area (Å²) < 4.78 is 41.5. The number of pyridine rings is 1. The number of piperidine rings is 1. The maximum Gasteiger partial charge on any atom is 0.289 e. The Morgan fingerprint density at radius 2 is 1.94 bits per heavy atom. The van der Waals surface area contributed by atoms with Crippen molar-refractivity contribution in [1.29, 1.82) is 0 Å². The summed E-state index contributed by atoms with van der Waals surface area (Å²) in [5.41, 5.74) is 0.708. The maximum atomic E-state index is 14.2. The van der Waals surface area contributed by atoms with E-state index in [1.54, 1.807) is 12.1 Å². The third-order valence-electron chi connectivity index (χ3n) is 6.67. The zero-order valence-corrected chi connectivity index (χ0v) is 20.3. The zero-order valence-electron chi connectivity index (χ0n) is 20.3. The van der Waals surface area contributed by atoms with Crippen LogP contribution in [0.4, 0.5) is 14.6 Å². The Hall–Kier alpha value is -1.57. The van der Waals surface area contributed by atoms with Crippen molar-refractivity contribution >= 4 is 5.82 Å². The summed E-state index contributed by atoms with van der Waals surface area (Å²) in [7, 11) is 0. The Balaban J connectivity index is 0.00000324. The zero-order chi connectivity index (χ0) is 23.6. The Morgan fingerprint density at radius 1 is 1.21 bits per heavy atom. The molecule has 1 radical (unpaired) electrons. The Kier molecular flexibility index (Phi) is 7.41. The summed E-state index contributed by atoms with van der Waals surface area (Å²) in [4.78, 5) is 6.73. The molecule has 5 nitrogen and oxygen atoms in total. The number of anilines is 1. The van der Waals surface area contributed by atoms with Crippen molar-refractivity contribution in [1.82, 2.24) is 9.88 Å². The fourth-order valence-electron chi connectivity index (χ4n) is 4.91. The number of alkyl halides is 2. The van der Waals surface area contributed by atoms with E-state index in [0.29, 0.717) is 12.4 Å². The summed E-state index contributed by atoms with van der Waals surface area (Å²) in [5.74, 6) is -2.42. The summed E-state index contributed by atoms with van der Waals surface area (Å²) in [6.45, 7) is 11.2. The molecule has 1 N–H and O–H groups in total. The van der Waals surface area contributed by atoms with Crippen molar-refractivity contribution in [2.75, 3.05) is 31.6 Å². The number of nitrogens with one attached hydrogen (secondary N) is 1. The minimum Gasteiger partial charge on any atom is -0.372 e. The van der Waals surface area contributed by atoms with Crippen LogP contribution < -0.4 is 5.32 Å². The molecule has 4 rings (SSSR count). The average Bonchev–Trinajstić information content (AvgIpc) is 3.61. The molecule has 0 aromatic carbocycles. The number of likely N-dealkylation sites (tertiary alicyclic amines) is 1. The lowest BCUT2D eigenvalue weighted by Gasteiger charge is -2.46. The standard InChI is InChI=1S/C26H38F2N3O2.H2/c1-5-26(27,28)21-10-9-11-22(30-21)29-19-17-32-20(16-31-14-7-6-8-15-31)24(33-25(2,3)4)23(19)18-12-13-18;/h9-13,19-20,23-24H,5-8,14-17H2,1-4H3,(H,29,30);1H/t19-,20+,23+,24-;/m0./s1. The lowest BCUT2D eigenvalue weighted by Crippen LogP contribution is -2.58. The first kappa shape index (κ1) is 24.6. The molecular weight excluding hydrogens is 424 g/mol. The van der Waals surface area contributed by atoms with Crippen LogP contribution in [0.25, 0.3) is 0 Å². The van der Waals surface area contributed by atoms with Gasteiger partial charge in [-0.05, 0) is 58.8 Å². The lowest BCUT2D eigenvalue weighted by atomic mass is 9.84. The Bertz CT molecular complexity index is 840. The highest BCUT2D eigenvalue weighted by Gasteiger charge is 2.47. The predicted octanol–water partition coefficient (Wildman–Crippen LogP) is 5.44. The van der Waals surface area contributed by atoms with Crippen molar-refractivity contribution in [2.24, 2.45) is 5.92 Å². The van der Waals surface area contributed by atoms with Crippen LogP contribution in [0.2, 0.25) is 0 Å². The quantitative estimate of drug-likeness (QED) is 0.555. The van der Waals surface area contributed by atoms with Gasteiger partial charge >= 0.3 is 0 Å². The van der Waals surface area contributed by atoms with Crippen molar-refractivity contribution < 1.29 is 19.7 Å². The molecule has 1 aromatic heterocycles. The number of rotatable bonds is 8. The van der Waals surface area contributed by atoms with Crippen LogP contribution in [-0.4, -0.2) is 60.0 Å². The van der Waals surface area contributed by atoms with Crippen molar-refractivity contribution in [3.8, 4) is 0 Å². The molecule has 3 aliphatic rings. The van der Waals surface area contributed by atoms with Gasteiger partial charge in [-0.25, -0.2) is 4.98 Å². The topological polar surface area (TPSA) is 46.6 Å². The number of halogens is 2. The van der Waals surface area contributed by atoms with Gasteiger partial charge in [0.15, 0.2) is 0 Å². The predicted molar refractivity (Wildman–Crippen MR) is 128 cm³/mol. The minimum atomic E-state index is -2.94. The smallest absolute Gasteiger partial charge is 0.289 e. The fraction of sp³-hybridized carbons (Fsp3) is 0.692. The second-order valence-electron chi connectivity index (χ2n) is 10.5. The van der Waals surface area contributed by atoms with Crippen LogP contribution in [0.5, 0.6) is 0 Å². The second-order valence-corrected chi connectivity index (χ2v) is 10.5. The van der Waals surface area contributed by atoms with Crippen molar-refractivity contribution in [3.05, 3.63) is 42.0 Å². The number of allylic oxidation sites excluding steroid dienone is 1. The van der Waals surface area contributed by atoms with Gasteiger partial charge in [0.1, 0.15) is 11.5 Å². The van der Waals surface area contributed by atoms with Crippen LogP contribution >= 0.6 is 0 Å². The number of ether oxygens (including phenoxy) is 2. The highest BCUT2D eigenvalue weighted by atomic mass is 19.3. The molecule has 3 heterocycles. The Morgan fingerprint density at radius 3 is 2.58 bits per heavy atom. The third-order valence-corrected chi connectivity index (χ3v) is 6.67. The van der Waals surface area contributed by atoms with Crippen molar-refractivity contribution in [3.63, 3.8) is 0 Å². The number of hydrogen-bond donors (Lipinski definition) is 1.